The Hall–Kier alpha value is -2.32. The summed E-state index contributed by atoms with van der Waals surface area (Å²) in [5.74, 6) is -0.425. The Morgan fingerprint density at radius 2 is 1.96 bits per heavy atom. The maximum atomic E-state index is 12.6. The number of aromatic nitrogens is 1. The van der Waals surface area contributed by atoms with E-state index in [4.69, 9.17) is 4.74 Å². The van der Waals surface area contributed by atoms with Crippen molar-refractivity contribution in [3.8, 4) is 5.75 Å². The summed E-state index contributed by atoms with van der Waals surface area (Å²) < 4.78 is 6.87. The fourth-order valence-electron chi connectivity index (χ4n) is 2.43. The van der Waals surface area contributed by atoms with E-state index in [0.29, 0.717) is 9.99 Å². The zero-order valence-electron chi connectivity index (χ0n) is 12.8. The van der Waals surface area contributed by atoms with Crippen LogP contribution in [0, 0.1) is 17.0 Å². The van der Waals surface area contributed by atoms with Gasteiger partial charge in [-0.1, -0.05) is 28.1 Å². The van der Waals surface area contributed by atoms with E-state index in [2.05, 4.69) is 36.8 Å². The van der Waals surface area contributed by atoms with Crippen molar-refractivity contribution in [3.63, 3.8) is 0 Å². The number of pyridine rings is 1. The molecule has 0 fully saturated rings. The van der Waals surface area contributed by atoms with Gasteiger partial charge in [0.25, 0.3) is 5.69 Å². The summed E-state index contributed by atoms with van der Waals surface area (Å²) >= 11 is 6.81. The predicted molar refractivity (Wildman–Crippen MR) is 99.9 cm³/mol. The van der Waals surface area contributed by atoms with Gasteiger partial charge in [0.1, 0.15) is 5.52 Å². The Balaban J connectivity index is 2.07. The van der Waals surface area contributed by atoms with Gasteiger partial charge in [-0.25, -0.2) is 4.79 Å². The third-order valence-corrected chi connectivity index (χ3v) is 4.91. The summed E-state index contributed by atoms with van der Waals surface area (Å²) in [5, 5.41) is 11.8. The second kappa shape index (κ2) is 6.89. The number of rotatable bonds is 3. The lowest BCUT2D eigenvalue weighted by atomic mass is 10.1. The fourth-order valence-corrected chi connectivity index (χ4v) is 3.79. The summed E-state index contributed by atoms with van der Waals surface area (Å²) in [6.07, 6.45) is 1.59. The van der Waals surface area contributed by atoms with Crippen LogP contribution in [0.3, 0.4) is 0 Å². The van der Waals surface area contributed by atoms with Crippen LogP contribution in [0.5, 0.6) is 5.75 Å². The average Bonchev–Trinajstić information content (AvgIpc) is 2.58. The first-order valence-corrected chi connectivity index (χ1v) is 8.67. The molecule has 0 saturated carbocycles. The van der Waals surface area contributed by atoms with Crippen molar-refractivity contribution in [2.45, 2.75) is 6.92 Å². The number of nitro benzene ring substituents is 1. The number of hydrogen-bond donors (Lipinski definition) is 0. The van der Waals surface area contributed by atoms with E-state index in [1.165, 1.54) is 25.1 Å². The largest absolute Gasteiger partial charge is 0.419 e. The number of carbonyl (C=O) groups excluding carboxylic acids is 1. The lowest BCUT2D eigenvalue weighted by molar-refractivity contribution is -0.385. The van der Waals surface area contributed by atoms with Gasteiger partial charge in [0.15, 0.2) is 5.75 Å². The lowest BCUT2D eigenvalue weighted by Crippen LogP contribution is -2.12. The van der Waals surface area contributed by atoms with Crippen LogP contribution in [0.2, 0.25) is 0 Å². The van der Waals surface area contributed by atoms with E-state index in [0.717, 1.165) is 9.86 Å². The molecular weight excluding hydrogens is 456 g/mol. The minimum atomic E-state index is -0.684. The molecule has 3 rings (SSSR count). The number of benzene rings is 2. The molecule has 25 heavy (non-hydrogen) atoms. The molecule has 8 heteroatoms. The van der Waals surface area contributed by atoms with Crippen molar-refractivity contribution >= 4 is 54.4 Å². The molecule has 3 aromatic rings. The number of carbonyl (C=O) groups is 1. The van der Waals surface area contributed by atoms with Gasteiger partial charge in [0, 0.05) is 27.7 Å². The molecule has 0 amide bonds. The van der Waals surface area contributed by atoms with Gasteiger partial charge in [0.2, 0.25) is 0 Å². The summed E-state index contributed by atoms with van der Waals surface area (Å²) in [6, 6.07) is 9.67. The van der Waals surface area contributed by atoms with Gasteiger partial charge in [-0.2, -0.15) is 0 Å². The van der Waals surface area contributed by atoms with Crippen LogP contribution in [0.25, 0.3) is 10.9 Å². The van der Waals surface area contributed by atoms with Crippen molar-refractivity contribution in [1.82, 2.24) is 4.98 Å². The third kappa shape index (κ3) is 3.27. The van der Waals surface area contributed by atoms with Gasteiger partial charge in [-0.15, -0.1) is 0 Å². The minimum Gasteiger partial charge on any atom is -0.419 e. The maximum absolute atomic E-state index is 12.6. The molecule has 1 heterocycles. The van der Waals surface area contributed by atoms with Gasteiger partial charge in [0.05, 0.1) is 15.0 Å². The second-order valence-electron chi connectivity index (χ2n) is 5.17. The van der Waals surface area contributed by atoms with Crippen molar-refractivity contribution in [1.29, 1.82) is 0 Å². The van der Waals surface area contributed by atoms with E-state index < -0.39 is 10.9 Å². The van der Waals surface area contributed by atoms with Crippen LogP contribution in [0.15, 0.2) is 51.5 Å². The highest BCUT2D eigenvalue weighted by Gasteiger charge is 2.22. The number of fused-ring (bicyclic) bond motifs is 1. The smallest absolute Gasteiger partial charge is 0.344 e. The highest BCUT2D eigenvalue weighted by molar-refractivity contribution is 9.11. The number of hydrogen-bond acceptors (Lipinski definition) is 5. The van der Waals surface area contributed by atoms with Gasteiger partial charge < -0.3 is 4.74 Å². The first kappa shape index (κ1) is 17.5. The normalized spacial score (nSPS) is 10.7. The average molecular weight is 466 g/mol. The molecule has 0 radical (unpaired) electrons. The maximum Gasteiger partial charge on any atom is 0.344 e. The molecule has 0 spiro atoms. The number of ether oxygens (including phenoxy) is 1. The molecule has 1 aromatic heterocycles. The van der Waals surface area contributed by atoms with E-state index in [-0.39, 0.29) is 22.6 Å². The summed E-state index contributed by atoms with van der Waals surface area (Å²) in [7, 11) is 0. The summed E-state index contributed by atoms with van der Waals surface area (Å²) in [5.41, 5.74) is 0.753. The van der Waals surface area contributed by atoms with Crippen LogP contribution in [-0.2, 0) is 0 Å². The molecule has 126 valence electrons. The summed E-state index contributed by atoms with van der Waals surface area (Å²) in [4.78, 5) is 27.4. The molecule has 0 atom stereocenters. The highest BCUT2D eigenvalue weighted by Crippen LogP contribution is 2.38. The Morgan fingerprint density at radius 1 is 1.20 bits per heavy atom. The Bertz CT molecular complexity index is 1020. The van der Waals surface area contributed by atoms with E-state index in [1.807, 2.05) is 6.07 Å². The molecule has 0 aliphatic rings. The molecule has 2 aromatic carbocycles. The predicted octanol–water partition coefficient (Wildman–Crippen LogP) is 5.20. The fraction of sp³-hybridized carbons (Fsp3) is 0.0588. The van der Waals surface area contributed by atoms with Crippen LogP contribution < -0.4 is 4.74 Å². The number of esters is 1. The molecule has 0 N–H and O–H groups in total. The van der Waals surface area contributed by atoms with E-state index in [1.54, 1.807) is 18.3 Å². The van der Waals surface area contributed by atoms with Crippen molar-refractivity contribution in [2.24, 2.45) is 0 Å². The van der Waals surface area contributed by atoms with Crippen molar-refractivity contribution in [3.05, 3.63) is 72.8 Å². The standard InChI is InChI=1S/C17H10Br2N2O4/c1-9-10(4-2-6-14(9)21(23)24)17(22)25-16-13(19)8-12(18)11-5-3-7-20-15(11)16/h2-8H,1H3. The van der Waals surface area contributed by atoms with Gasteiger partial charge >= 0.3 is 5.97 Å². The first-order chi connectivity index (χ1) is 11.9. The Morgan fingerprint density at radius 3 is 2.68 bits per heavy atom. The van der Waals surface area contributed by atoms with Gasteiger partial charge in [-0.3, -0.25) is 15.1 Å². The quantitative estimate of drug-likeness (QED) is 0.230. The second-order valence-corrected chi connectivity index (χ2v) is 6.87. The summed E-state index contributed by atoms with van der Waals surface area (Å²) in [6.45, 7) is 1.52. The van der Waals surface area contributed by atoms with E-state index in [9.17, 15) is 14.9 Å². The molecule has 6 nitrogen and oxygen atoms in total. The van der Waals surface area contributed by atoms with Crippen LogP contribution in [0.4, 0.5) is 5.69 Å². The molecule has 0 saturated heterocycles. The van der Waals surface area contributed by atoms with E-state index >= 15 is 0 Å². The molecule has 0 unspecified atom stereocenters. The zero-order chi connectivity index (χ0) is 18.1. The topological polar surface area (TPSA) is 82.3 Å². The van der Waals surface area contributed by atoms with Crippen LogP contribution >= 0.6 is 31.9 Å². The number of nitrogens with zero attached hydrogens (tertiary/aromatic N) is 2. The molecular formula is C17H10Br2N2O4. The van der Waals surface area contributed by atoms with Crippen LogP contribution in [0.1, 0.15) is 15.9 Å². The van der Waals surface area contributed by atoms with Crippen LogP contribution in [-0.4, -0.2) is 15.9 Å². The Labute approximate surface area is 159 Å². The monoisotopic (exact) mass is 464 g/mol. The lowest BCUT2D eigenvalue weighted by Gasteiger charge is -2.11. The minimum absolute atomic E-state index is 0.132. The Kier molecular flexibility index (Phi) is 4.82. The number of nitro groups is 1. The SMILES string of the molecule is Cc1c(C(=O)Oc2c(Br)cc(Br)c3cccnc23)cccc1[N+](=O)[O-]. The molecule has 0 bridgehead atoms. The number of halogens is 2. The molecule has 0 aliphatic carbocycles. The third-order valence-electron chi connectivity index (χ3n) is 3.67. The van der Waals surface area contributed by atoms with Crippen molar-refractivity contribution in [2.75, 3.05) is 0 Å². The van der Waals surface area contributed by atoms with Crippen molar-refractivity contribution < 1.29 is 14.5 Å². The highest BCUT2D eigenvalue weighted by atomic mass is 79.9. The van der Waals surface area contributed by atoms with Gasteiger partial charge in [-0.05, 0) is 41.1 Å². The first-order valence-electron chi connectivity index (χ1n) is 7.09. The molecule has 0 aliphatic heterocycles. The zero-order valence-corrected chi connectivity index (χ0v) is 16.0.